The number of nitrogens with zero attached hydrogens (tertiary/aromatic N) is 1. The van der Waals surface area contributed by atoms with Gasteiger partial charge < -0.3 is 44.3 Å². The number of likely N-dealkylation sites (N-methyl/N-ethyl adjacent to an activating group) is 1. The Morgan fingerprint density at radius 3 is 2.33 bits per heavy atom. The number of esters is 1. The van der Waals surface area contributed by atoms with Gasteiger partial charge in [0.2, 0.25) is 0 Å². The van der Waals surface area contributed by atoms with Crippen LogP contribution in [0.15, 0.2) is 11.3 Å². The Labute approximate surface area is 233 Å². The third-order valence-corrected chi connectivity index (χ3v) is 9.19. The van der Waals surface area contributed by atoms with E-state index < -0.39 is 71.7 Å². The Kier molecular flexibility index (Phi) is 9.85. The number of carbonyl (C=O) groups excluding carboxylic acids is 1. The van der Waals surface area contributed by atoms with Crippen LogP contribution in [0, 0.1) is 17.8 Å². The van der Waals surface area contributed by atoms with Gasteiger partial charge in [0.05, 0.1) is 30.1 Å². The summed E-state index contributed by atoms with van der Waals surface area (Å²) in [4.78, 5) is 15.3. The van der Waals surface area contributed by atoms with Crippen LogP contribution in [0.4, 0.5) is 0 Å². The first-order valence-electron chi connectivity index (χ1n) is 14.3. The number of hydrogen-bond acceptors (Lipinski definition) is 10. The molecule has 39 heavy (non-hydrogen) atoms. The van der Waals surface area contributed by atoms with E-state index in [2.05, 4.69) is 0 Å². The van der Waals surface area contributed by atoms with Crippen molar-refractivity contribution in [1.29, 1.82) is 0 Å². The maximum Gasteiger partial charge on any atom is 0.311 e. The van der Waals surface area contributed by atoms with Crippen molar-refractivity contribution in [3.8, 4) is 0 Å². The third kappa shape index (κ3) is 6.17. The Morgan fingerprint density at radius 2 is 1.77 bits per heavy atom. The third-order valence-electron chi connectivity index (χ3n) is 9.19. The van der Waals surface area contributed by atoms with Crippen LogP contribution in [-0.4, -0.2) is 106 Å². The van der Waals surface area contributed by atoms with Gasteiger partial charge in [0.25, 0.3) is 0 Å². The van der Waals surface area contributed by atoms with Crippen molar-refractivity contribution in [2.24, 2.45) is 17.8 Å². The molecule has 0 saturated carbocycles. The smallest absolute Gasteiger partial charge is 0.311 e. The molecule has 4 N–H and O–H groups in total. The summed E-state index contributed by atoms with van der Waals surface area (Å²) in [6, 6.07) is -0.184. The fourth-order valence-corrected chi connectivity index (χ4v) is 6.73. The van der Waals surface area contributed by atoms with Gasteiger partial charge >= 0.3 is 5.97 Å². The molecule has 0 aromatic carbocycles. The first-order valence-corrected chi connectivity index (χ1v) is 14.3. The summed E-state index contributed by atoms with van der Waals surface area (Å²) in [6.45, 7) is 14.1. The molecule has 226 valence electrons. The van der Waals surface area contributed by atoms with Crippen molar-refractivity contribution >= 4 is 5.97 Å². The second kappa shape index (κ2) is 11.9. The highest BCUT2D eigenvalue weighted by Gasteiger charge is 2.55. The van der Waals surface area contributed by atoms with Gasteiger partial charge in [0.15, 0.2) is 6.29 Å². The Morgan fingerprint density at radius 1 is 1.15 bits per heavy atom. The minimum Gasteiger partial charge on any atom is -0.488 e. The molecule has 0 aromatic heterocycles. The molecule has 0 aromatic rings. The Hall–Kier alpha value is -1.27. The zero-order chi connectivity index (χ0) is 29.6. The molecule has 0 spiro atoms. The number of ether oxygens (including phenoxy) is 4. The largest absolute Gasteiger partial charge is 0.488 e. The molecule has 0 aliphatic carbocycles. The van der Waals surface area contributed by atoms with Crippen LogP contribution in [-0.2, 0) is 23.7 Å². The minimum atomic E-state index is -1.77. The average molecular weight is 558 g/mol. The average Bonchev–Trinajstić information content (AvgIpc) is 3.18. The molecule has 2 bridgehead atoms. The van der Waals surface area contributed by atoms with Crippen molar-refractivity contribution in [2.75, 3.05) is 14.1 Å². The molecular weight excluding hydrogens is 506 g/mol. The molecule has 3 aliphatic heterocycles. The van der Waals surface area contributed by atoms with Crippen LogP contribution in [0.25, 0.3) is 0 Å². The molecule has 2 fully saturated rings. The number of fused-ring (bicyclic) bond motifs is 2. The van der Waals surface area contributed by atoms with Gasteiger partial charge in [0.1, 0.15) is 35.3 Å². The van der Waals surface area contributed by atoms with Crippen LogP contribution in [0.2, 0.25) is 0 Å². The zero-order valence-electron chi connectivity index (χ0n) is 25.2. The first-order chi connectivity index (χ1) is 18.0. The van der Waals surface area contributed by atoms with Crippen LogP contribution < -0.4 is 0 Å². The number of aliphatic hydroxyl groups is 4. The molecule has 3 aliphatic rings. The van der Waals surface area contributed by atoms with E-state index in [1.807, 2.05) is 39.8 Å². The molecule has 3 unspecified atom stereocenters. The molecule has 10 nitrogen and oxygen atoms in total. The topological polar surface area (TPSA) is 138 Å². The van der Waals surface area contributed by atoms with Gasteiger partial charge in [-0.3, -0.25) is 4.79 Å². The molecule has 10 heteroatoms. The molecule has 13 atom stereocenters. The standard InChI is InChI=1S/C29H51NO9/c1-11-20(31)29(8,35)25-18(6)23-14(2)13-28(7,39-23)24(16(4)21(32)17(5)26(34)37-25)38-27-22(33)19(30(9)10)12-15(3)36-27/h15-22,24-25,27,31-33,35H,11-13H2,1-10H3/t15?,16-,17+,18-,19?,20+,21-,22?,24+,25+,27-,28-,29+/m0/s1. The van der Waals surface area contributed by atoms with Crippen molar-refractivity contribution in [1.82, 2.24) is 4.90 Å². The maximum atomic E-state index is 13.3. The lowest BCUT2D eigenvalue weighted by Gasteiger charge is -2.46. The van der Waals surface area contributed by atoms with E-state index in [4.69, 9.17) is 18.9 Å². The van der Waals surface area contributed by atoms with E-state index in [1.54, 1.807) is 27.7 Å². The zero-order valence-corrected chi connectivity index (χ0v) is 25.2. The predicted molar refractivity (Wildman–Crippen MR) is 144 cm³/mol. The summed E-state index contributed by atoms with van der Waals surface area (Å²) >= 11 is 0. The quantitative estimate of drug-likeness (QED) is 0.359. The lowest BCUT2D eigenvalue weighted by atomic mass is 9.79. The minimum absolute atomic E-state index is 0.164. The number of cyclic esters (lactones) is 1. The molecule has 3 heterocycles. The number of hydrogen-bond donors (Lipinski definition) is 4. The van der Waals surface area contributed by atoms with Crippen LogP contribution in [0.1, 0.15) is 74.7 Å². The Bertz CT molecular complexity index is 907. The van der Waals surface area contributed by atoms with Gasteiger partial charge in [-0.15, -0.1) is 0 Å². The van der Waals surface area contributed by atoms with Gasteiger partial charge in [0, 0.05) is 18.4 Å². The van der Waals surface area contributed by atoms with E-state index in [-0.39, 0.29) is 18.6 Å². The van der Waals surface area contributed by atoms with E-state index in [0.717, 1.165) is 5.57 Å². The van der Waals surface area contributed by atoms with Crippen molar-refractivity contribution in [3.63, 3.8) is 0 Å². The molecule has 2 saturated heterocycles. The summed E-state index contributed by atoms with van der Waals surface area (Å²) in [5, 5.41) is 44.6. The van der Waals surface area contributed by atoms with E-state index in [0.29, 0.717) is 18.6 Å². The van der Waals surface area contributed by atoms with E-state index in [1.165, 1.54) is 6.92 Å². The normalized spacial score (nSPS) is 44.3. The van der Waals surface area contributed by atoms with Crippen molar-refractivity contribution in [2.45, 2.75) is 135 Å². The lowest BCUT2D eigenvalue weighted by Crippen LogP contribution is -2.58. The van der Waals surface area contributed by atoms with Gasteiger partial charge in [-0.2, -0.15) is 0 Å². The number of aliphatic hydroxyl groups excluding tert-OH is 3. The first kappa shape index (κ1) is 32.2. The van der Waals surface area contributed by atoms with Crippen LogP contribution in [0.3, 0.4) is 0 Å². The summed E-state index contributed by atoms with van der Waals surface area (Å²) in [7, 11) is 3.80. The monoisotopic (exact) mass is 557 g/mol. The highest BCUT2D eigenvalue weighted by atomic mass is 16.7. The molecule has 0 amide bonds. The fourth-order valence-electron chi connectivity index (χ4n) is 6.73. The molecule has 0 radical (unpaired) electrons. The van der Waals surface area contributed by atoms with Gasteiger partial charge in [-0.25, -0.2) is 0 Å². The SMILES string of the molecule is CC[C@@H](O)[C@@](C)(O)[C@@H]1OC(=O)[C@H](C)[C@@H](O)[C@H](C)[C@@H](O[C@@H]2OC(C)CC(N(C)C)C2O)[C@]2(C)CC(C)=C(O2)[C@@H]1C. The van der Waals surface area contributed by atoms with Gasteiger partial charge in [-0.05, 0) is 67.1 Å². The number of rotatable bonds is 6. The van der Waals surface area contributed by atoms with E-state index in [9.17, 15) is 25.2 Å². The second-order valence-corrected chi connectivity index (χ2v) is 12.8. The summed E-state index contributed by atoms with van der Waals surface area (Å²) in [5.41, 5.74) is -1.85. The molecule has 3 rings (SSSR count). The van der Waals surface area contributed by atoms with Crippen LogP contribution >= 0.6 is 0 Å². The highest BCUT2D eigenvalue weighted by molar-refractivity contribution is 5.73. The number of carbonyl (C=O) groups is 1. The predicted octanol–water partition coefficient (Wildman–Crippen LogP) is 1.97. The van der Waals surface area contributed by atoms with E-state index >= 15 is 0 Å². The second-order valence-electron chi connectivity index (χ2n) is 12.8. The van der Waals surface area contributed by atoms with Crippen molar-refractivity contribution < 1.29 is 44.2 Å². The summed E-state index contributed by atoms with van der Waals surface area (Å²) in [5.74, 6) is -2.32. The van der Waals surface area contributed by atoms with Gasteiger partial charge in [-0.1, -0.05) is 20.8 Å². The summed E-state index contributed by atoms with van der Waals surface area (Å²) < 4.78 is 25.1. The van der Waals surface area contributed by atoms with Crippen molar-refractivity contribution in [3.05, 3.63) is 11.3 Å². The maximum absolute atomic E-state index is 13.3. The molecular formula is C29H51NO9. The fraction of sp³-hybridized carbons (Fsp3) is 0.897. The lowest BCUT2D eigenvalue weighted by molar-refractivity contribution is -0.297. The Balaban J connectivity index is 2.05. The summed E-state index contributed by atoms with van der Waals surface area (Å²) in [6.07, 6.45) is -4.95. The van der Waals surface area contributed by atoms with Crippen LogP contribution in [0.5, 0.6) is 0 Å². The highest BCUT2D eigenvalue weighted by Crippen LogP contribution is 2.47.